The number of methoxy groups -OCH3 is 1. The van der Waals surface area contributed by atoms with Gasteiger partial charge in [-0.2, -0.15) is 4.31 Å². The maximum atomic E-state index is 12.7. The summed E-state index contributed by atoms with van der Waals surface area (Å²) in [5.74, 6) is 0.0608. The molecule has 2 N–H and O–H groups in total. The van der Waals surface area contributed by atoms with Crippen molar-refractivity contribution in [1.82, 2.24) is 9.21 Å². The van der Waals surface area contributed by atoms with Crippen molar-refractivity contribution in [3.63, 3.8) is 0 Å². The third-order valence-corrected chi connectivity index (χ3v) is 6.71. The van der Waals surface area contributed by atoms with Gasteiger partial charge in [0.1, 0.15) is 5.75 Å². The predicted octanol–water partition coefficient (Wildman–Crippen LogP) is 2.23. The van der Waals surface area contributed by atoms with Gasteiger partial charge in [0.05, 0.1) is 25.1 Å². The van der Waals surface area contributed by atoms with Crippen molar-refractivity contribution in [2.24, 2.45) is 0 Å². The normalized spacial score (nSPS) is 11.4. The number of carbonyl (C=O) groups is 2. The number of carbonyl (C=O) groups excluding carboxylic acids is 2. The van der Waals surface area contributed by atoms with Crippen LogP contribution >= 0.6 is 0 Å². The van der Waals surface area contributed by atoms with Crippen LogP contribution in [0.1, 0.15) is 13.8 Å². The Hall–Kier alpha value is -2.95. The maximum Gasteiger partial charge on any atom is 0.243 e. The van der Waals surface area contributed by atoms with E-state index in [0.717, 1.165) is 0 Å². The van der Waals surface area contributed by atoms with E-state index in [1.165, 1.54) is 16.4 Å². The molecule has 2 aromatic rings. The summed E-state index contributed by atoms with van der Waals surface area (Å²) in [7, 11) is -0.411. The molecule has 2 amide bonds. The monoisotopic (exact) mass is 462 g/mol. The van der Waals surface area contributed by atoms with Crippen molar-refractivity contribution in [2.45, 2.75) is 18.7 Å². The average Bonchev–Trinajstić information content (AvgIpc) is 2.74. The average molecular weight is 463 g/mol. The van der Waals surface area contributed by atoms with E-state index in [2.05, 4.69) is 10.6 Å². The molecule has 10 heteroatoms. The van der Waals surface area contributed by atoms with Gasteiger partial charge in [-0.1, -0.05) is 19.9 Å². The molecule has 0 saturated carbocycles. The second kappa shape index (κ2) is 11.6. The molecule has 0 aliphatic rings. The molecule has 2 aromatic carbocycles. The number of nitrogens with zero attached hydrogens (tertiary/aromatic N) is 2. The highest BCUT2D eigenvalue weighted by Gasteiger charge is 2.22. The van der Waals surface area contributed by atoms with Crippen molar-refractivity contribution in [3.8, 4) is 5.75 Å². The number of likely N-dealkylation sites (N-methyl/N-ethyl adjacent to an activating group) is 1. The van der Waals surface area contributed by atoms with Crippen molar-refractivity contribution in [2.75, 3.05) is 51.0 Å². The first-order valence-corrected chi connectivity index (χ1v) is 11.7. The van der Waals surface area contributed by atoms with E-state index in [9.17, 15) is 18.0 Å². The minimum absolute atomic E-state index is 0.00975. The largest absolute Gasteiger partial charge is 0.497 e. The zero-order valence-electron chi connectivity index (χ0n) is 18.8. The highest BCUT2D eigenvalue weighted by molar-refractivity contribution is 7.89. The van der Waals surface area contributed by atoms with Gasteiger partial charge >= 0.3 is 0 Å². The minimum Gasteiger partial charge on any atom is -0.497 e. The Labute approximate surface area is 189 Å². The molecule has 32 heavy (non-hydrogen) atoms. The minimum atomic E-state index is -3.62. The summed E-state index contributed by atoms with van der Waals surface area (Å²) in [6, 6.07) is 13.1. The molecule has 0 spiro atoms. The number of ether oxygens (including phenoxy) is 1. The Morgan fingerprint density at radius 3 is 2.00 bits per heavy atom. The molecule has 0 unspecified atom stereocenters. The summed E-state index contributed by atoms with van der Waals surface area (Å²) in [6.45, 7) is 4.23. The van der Waals surface area contributed by atoms with E-state index in [1.54, 1.807) is 69.3 Å². The molecule has 0 heterocycles. The van der Waals surface area contributed by atoms with Gasteiger partial charge in [0, 0.05) is 24.5 Å². The van der Waals surface area contributed by atoms with Crippen LogP contribution in [0.3, 0.4) is 0 Å². The molecule has 9 nitrogen and oxygen atoms in total. The first-order chi connectivity index (χ1) is 15.2. The van der Waals surface area contributed by atoms with Crippen LogP contribution < -0.4 is 15.4 Å². The Kier molecular flexibility index (Phi) is 9.18. The number of rotatable bonds is 11. The van der Waals surface area contributed by atoms with Crippen LogP contribution in [0.25, 0.3) is 0 Å². The lowest BCUT2D eigenvalue weighted by Gasteiger charge is -2.19. The van der Waals surface area contributed by atoms with Crippen LogP contribution in [-0.4, -0.2) is 69.8 Å². The number of benzene rings is 2. The summed E-state index contributed by atoms with van der Waals surface area (Å²) in [6.07, 6.45) is 0. The molecule has 0 bridgehead atoms. The number of anilines is 2. The molecule has 0 aliphatic carbocycles. The molecule has 0 saturated heterocycles. The first-order valence-electron chi connectivity index (χ1n) is 10.2. The lowest BCUT2D eigenvalue weighted by molar-refractivity contribution is -0.119. The van der Waals surface area contributed by atoms with E-state index in [4.69, 9.17) is 4.74 Å². The van der Waals surface area contributed by atoms with Gasteiger partial charge in [-0.3, -0.25) is 14.5 Å². The van der Waals surface area contributed by atoms with Crippen LogP contribution in [0.5, 0.6) is 5.75 Å². The molecule has 0 radical (unpaired) electrons. The number of hydrogen-bond donors (Lipinski definition) is 2. The quantitative estimate of drug-likeness (QED) is 0.530. The molecule has 0 aromatic heterocycles. The van der Waals surface area contributed by atoms with Crippen LogP contribution in [0, 0.1) is 0 Å². The lowest BCUT2D eigenvalue weighted by atomic mass is 10.3. The van der Waals surface area contributed by atoms with Crippen LogP contribution in [0.2, 0.25) is 0 Å². The molecule has 0 atom stereocenters. The summed E-state index contributed by atoms with van der Waals surface area (Å²) in [4.78, 5) is 26.3. The van der Waals surface area contributed by atoms with E-state index in [1.807, 2.05) is 0 Å². The van der Waals surface area contributed by atoms with Crippen molar-refractivity contribution >= 4 is 33.2 Å². The second-order valence-electron chi connectivity index (χ2n) is 7.11. The summed E-state index contributed by atoms with van der Waals surface area (Å²) < 4.78 is 31.8. The fraction of sp³-hybridized carbons (Fsp3) is 0.364. The van der Waals surface area contributed by atoms with E-state index < -0.39 is 10.0 Å². The zero-order valence-corrected chi connectivity index (χ0v) is 19.6. The second-order valence-corrected chi connectivity index (χ2v) is 9.05. The van der Waals surface area contributed by atoms with Gasteiger partial charge in [0.25, 0.3) is 0 Å². The van der Waals surface area contributed by atoms with Gasteiger partial charge in [-0.15, -0.1) is 0 Å². The molecular weight excluding hydrogens is 432 g/mol. The molecule has 0 fully saturated rings. The van der Waals surface area contributed by atoms with Crippen LogP contribution in [0.15, 0.2) is 53.4 Å². The van der Waals surface area contributed by atoms with Gasteiger partial charge in [-0.25, -0.2) is 8.42 Å². The lowest BCUT2D eigenvalue weighted by Crippen LogP contribution is -2.36. The third-order valence-electron chi connectivity index (χ3n) is 4.66. The Morgan fingerprint density at radius 1 is 0.906 bits per heavy atom. The smallest absolute Gasteiger partial charge is 0.243 e. The van der Waals surface area contributed by atoms with Gasteiger partial charge in [0.2, 0.25) is 21.8 Å². The Bertz CT molecular complexity index is 1020. The number of nitrogens with one attached hydrogen (secondary N) is 2. The molecule has 174 valence electrons. The summed E-state index contributed by atoms with van der Waals surface area (Å²) >= 11 is 0. The number of sulfonamides is 1. The van der Waals surface area contributed by atoms with Crippen LogP contribution in [0.4, 0.5) is 11.4 Å². The van der Waals surface area contributed by atoms with Crippen molar-refractivity contribution in [3.05, 3.63) is 48.5 Å². The van der Waals surface area contributed by atoms with E-state index in [0.29, 0.717) is 30.2 Å². The van der Waals surface area contributed by atoms with Crippen molar-refractivity contribution < 1.29 is 22.7 Å². The first kappa shape index (κ1) is 25.3. The summed E-state index contributed by atoms with van der Waals surface area (Å²) in [5.41, 5.74) is 0.999. The predicted molar refractivity (Wildman–Crippen MR) is 124 cm³/mol. The number of hydrogen-bond acceptors (Lipinski definition) is 6. The fourth-order valence-corrected chi connectivity index (χ4v) is 4.57. The fourth-order valence-electron chi connectivity index (χ4n) is 3.07. The van der Waals surface area contributed by atoms with Gasteiger partial charge < -0.3 is 15.4 Å². The van der Waals surface area contributed by atoms with Gasteiger partial charge in [-0.05, 0) is 49.5 Å². The highest BCUT2D eigenvalue weighted by atomic mass is 32.2. The maximum absolute atomic E-state index is 12.7. The molecule has 2 rings (SSSR count). The highest BCUT2D eigenvalue weighted by Crippen LogP contribution is 2.19. The zero-order chi connectivity index (χ0) is 23.7. The van der Waals surface area contributed by atoms with Gasteiger partial charge in [0.15, 0.2) is 0 Å². The Morgan fingerprint density at radius 2 is 1.47 bits per heavy atom. The third kappa shape index (κ3) is 7.04. The topological polar surface area (TPSA) is 108 Å². The van der Waals surface area contributed by atoms with Crippen molar-refractivity contribution in [1.29, 1.82) is 0 Å². The number of amides is 2. The Balaban J connectivity index is 1.92. The summed E-state index contributed by atoms with van der Waals surface area (Å²) in [5, 5.41) is 5.44. The van der Waals surface area contributed by atoms with E-state index in [-0.39, 0.29) is 29.8 Å². The van der Waals surface area contributed by atoms with Crippen LogP contribution in [-0.2, 0) is 19.6 Å². The standard InChI is InChI=1S/C22H30N4O5S/c1-5-26(6-2)32(29,30)20-9-7-8-18(14-20)24-22(28)16-25(3)15-21(27)23-17-10-12-19(31-4)13-11-17/h7-14H,5-6,15-16H2,1-4H3,(H,23,27)(H,24,28). The molecule has 0 aliphatic heterocycles. The molecular formula is C22H30N4O5S. The SMILES string of the molecule is CCN(CC)S(=O)(=O)c1cccc(NC(=O)CN(C)CC(=O)Nc2ccc(OC)cc2)c1. The van der Waals surface area contributed by atoms with E-state index >= 15 is 0 Å².